The molecule has 0 aromatic heterocycles. The van der Waals surface area contributed by atoms with Crippen molar-refractivity contribution in [2.45, 2.75) is 25.3 Å². The number of nitrogens with one attached hydrogen (secondary N) is 1. The minimum atomic E-state index is -2.51. The molecule has 0 aliphatic rings. The van der Waals surface area contributed by atoms with Crippen LogP contribution in [0.4, 0.5) is 5.69 Å². The average Bonchev–Trinajstić information content (AvgIpc) is 2.55. The molecule has 0 heterocycles. The molecule has 1 aromatic carbocycles. The van der Waals surface area contributed by atoms with E-state index in [0.29, 0.717) is 13.2 Å². The van der Waals surface area contributed by atoms with E-state index in [2.05, 4.69) is 17.4 Å². The first-order valence-corrected chi connectivity index (χ1v) is 9.43. The molecule has 0 bridgehead atoms. The molecule has 0 aliphatic heterocycles. The first-order valence-electron chi connectivity index (χ1n) is 7.49. The van der Waals surface area contributed by atoms with Crippen LogP contribution < -0.4 is 11.1 Å². The van der Waals surface area contributed by atoms with Gasteiger partial charge in [-0.3, -0.25) is 0 Å². The maximum atomic E-state index is 5.89. The standard InChI is InChI=1S/C15H28N2O3Si/c1-18-21(19-2,20-13-7-6-11-16)14-8-12-17-15-9-4-3-5-10-15/h3-5,9-10,17H,6-8,11-14,16H2,1-2H3. The molecule has 5 nitrogen and oxygen atoms in total. The summed E-state index contributed by atoms with van der Waals surface area (Å²) in [6.07, 6.45) is 2.85. The molecule has 0 aliphatic carbocycles. The highest BCUT2D eigenvalue weighted by Crippen LogP contribution is 2.17. The Balaban J connectivity index is 2.29. The Labute approximate surface area is 129 Å². The molecule has 0 unspecified atom stereocenters. The van der Waals surface area contributed by atoms with Crippen molar-refractivity contribution in [2.75, 3.05) is 39.2 Å². The predicted octanol–water partition coefficient (Wildman–Crippen LogP) is 2.48. The van der Waals surface area contributed by atoms with Gasteiger partial charge < -0.3 is 24.3 Å². The highest BCUT2D eigenvalue weighted by molar-refractivity contribution is 6.60. The summed E-state index contributed by atoms with van der Waals surface area (Å²) in [4.78, 5) is 0. The lowest BCUT2D eigenvalue weighted by molar-refractivity contribution is 0.0963. The van der Waals surface area contributed by atoms with E-state index < -0.39 is 8.80 Å². The number of benzene rings is 1. The lowest BCUT2D eigenvalue weighted by Crippen LogP contribution is -2.44. The SMILES string of the molecule is CO[Si](CCCNc1ccccc1)(OC)OCCCCN. The fraction of sp³-hybridized carbons (Fsp3) is 0.600. The lowest BCUT2D eigenvalue weighted by atomic mass is 10.3. The van der Waals surface area contributed by atoms with E-state index in [1.807, 2.05) is 18.2 Å². The average molecular weight is 312 g/mol. The van der Waals surface area contributed by atoms with E-state index in [1.54, 1.807) is 14.2 Å². The van der Waals surface area contributed by atoms with Gasteiger partial charge in [-0.05, 0) is 37.9 Å². The third kappa shape index (κ3) is 7.06. The maximum Gasteiger partial charge on any atom is 0.500 e. The Morgan fingerprint density at radius 1 is 1.05 bits per heavy atom. The summed E-state index contributed by atoms with van der Waals surface area (Å²) in [5.41, 5.74) is 6.61. The second-order valence-corrected chi connectivity index (χ2v) is 7.80. The van der Waals surface area contributed by atoms with E-state index in [0.717, 1.165) is 37.5 Å². The fourth-order valence-corrected chi connectivity index (χ4v) is 4.07. The zero-order valence-corrected chi connectivity index (χ0v) is 14.1. The molecule has 0 fully saturated rings. The van der Waals surface area contributed by atoms with Crippen LogP contribution in [0.3, 0.4) is 0 Å². The largest absolute Gasteiger partial charge is 0.500 e. The van der Waals surface area contributed by atoms with Gasteiger partial charge in [0.15, 0.2) is 0 Å². The Hall–Kier alpha value is -0.923. The number of hydrogen-bond donors (Lipinski definition) is 2. The Morgan fingerprint density at radius 3 is 2.38 bits per heavy atom. The summed E-state index contributed by atoms with van der Waals surface area (Å²) in [7, 11) is 0.827. The van der Waals surface area contributed by atoms with Gasteiger partial charge in [-0.15, -0.1) is 0 Å². The van der Waals surface area contributed by atoms with Crippen molar-refractivity contribution in [2.24, 2.45) is 5.73 Å². The molecule has 0 saturated carbocycles. The Bertz CT molecular complexity index is 361. The van der Waals surface area contributed by atoms with Crippen molar-refractivity contribution >= 4 is 14.5 Å². The van der Waals surface area contributed by atoms with Crippen LogP contribution in [-0.2, 0) is 13.3 Å². The predicted molar refractivity (Wildman–Crippen MR) is 88.4 cm³/mol. The summed E-state index contributed by atoms with van der Waals surface area (Å²) in [6, 6.07) is 11.0. The van der Waals surface area contributed by atoms with E-state index >= 15 is 0 Å². The summed E-state index contributed by atoms with van der Waals surface area (Å²) in [5.74, 6) is 0. The molecule has 0 radical (unpaired) electrons. The van der Waals surface area contributed by atoms with Crippen molar-refractivity contribution < 1.29 is 13.3 Å². The summed E-state index contributed by atoms with van der Waals surface area (Å²) < 4.78 is 17.0. The van der Waals surface area contributed by atoms with Crippen LogP contribution in [0.1, 0.15) is 19.3 Å². The van der Waals surface area contributed by atoms with Crippen molar-refractivity contribution in [3.63, 3.8) is 0 Å². The van der Waals surface area contributed by atoms with E-state index in [-0.39, 0.29) is 0 Å². The van der Waals surface area contributed by atoms with Gasteiger partial charge in [-0.2, -0.15) is 0 Å². The summed E-state index contributed by atoms with van der Waals surface area (Å²) in [6.45, 7) is 2.22. The van der Waals surface area contributed by atoms with Crippen molar-refractivity contribution in [1.82, 2.24) is 0 Å². The normalized spacial score (nSPS) is 11.6. The van der Waals surface area contributed by atoms with Gasteiger partial charge in [-0.1, -0.05) is 18.2 Å². The second-order valence-electron chi connectivity index (χ2n) is 4.83. The van der Waals surface area contributed by atoms with Gasteiger partial charge in [0.2, 0.25) is 0 Å². The van der Waals surface area contributed by atoms with E-state index in [9.17, 15) is 0 Å². The van der Waals surface area contributed by atoms with Crippen LogP contribution >= 0.6 is 0 Å². The Kier molecular flexibility index (Phi) is 9.28. The van der Waals surface area contributed by atoms with Gasteiger partial charge in [0.25, 0.3) is 0 Å². The van der Waals surface area contributed by atoms with Crippen LogP contribution in [0, 0.1) is 0 Å². The van der Waals surface area contributed by atoms with Gasteiger partial charge in [0, 0.05) is 39.1 Å². The first-order chi connectivity index (χ1) is 10.3. The molecule has 0 saturated heterocycles. The first kappa shape index (κ1) is 18.1. The van der Waals surface area contributed by atoms with Crippen LogP contribution in [0.25, 0.3) is 0 Å². The van der Waals surface area contributed by atoms with Gasteiger partial charge >= 0.3 is 8.80 Å². The molecular formula is C15H28N2O3Si. The third-order valence-electron chi connectivity index (χ3n) is 3.31. The molecule has 6 heteroatoms. The van der Waals surface area contributed by atoms with Crippen molar-refractivity contribution in [3.8, 4) is 0 Å². The van der Waals surface area contributed by atoms with E-state index in [1.165, 1.54) is 0 Å². The molecular weight excluding hydrogens is 284 g/mol. The molecule has 0 amide bonds. The molecule has 21 heavy (non-hydrogen) atoms. The number of unbranched alkanes of at least 4 members (excludes halogenated alkanes) is 1. The van der Waals surface area contributed by atoms with Crippen LogP contribution in [0.15, 0.2) is 30.3 Å². The summed E-state index contributed by atoms with van der Waals surface area (Å²) >= 11 is 0. The quantitative estimate of drug-likeness (QED) is 0.458. The maximum absolute atomic E-state index is 5.89. The lowest BCUT2D eigenvalue weighted by Gasteiger charge is -2.26. The molecule has 0 atom stereocenters. The summed E-state index contributed by atoms with van der Waals surface area (Å²) in [5, 5.41) is 3.38. The molecule has 120 valence electrons. The van der Waals surface area contributed by atoms with Crippen molar-refractivity contribution in [1.29, 1.82) is 0 Å². The third-order valence-corrected chi connectivity index (χ3v) is 6.16. The zero-order valence-electron chi connectivity index (χ0n) is 13.1. The van der Waals surface area contributed by atoms with Crippen molar-refractivity contribution in [3.05, 3.63) is 30.3 Å². The minimum Gasteiger partial charge on any atom is -0.385 e. The minimum absolute atomic E-state index is 0.650. The Morgan fingerprint density at radius 2 is 1.76 bits per heavy atom. The highest BCUT2D eigenvalue weighted by Gasteiger charge is 2.38. The number of hydrogen-bond acceptors (Lipinski definition) is 5. The topological polar surface area (TPSA) is 65.7 Å². The van der Waals surface area contributed by atoms with Crippen LogP contribution in [0.5, 0.6) is 0 Å². The monoisotopic (exact) mass is 312 g/mol. The van der Waals surface area contributed by atoms with Crippen LogP contribution in [-0.4, -0.2) is 42.7 Å². The van der Waals surface area contributed by atoms with E-state index in [4.69, 9.17) is 19.0 Å². The number of nitrogens with two attached hydrogens (primary N) is 1. The zero-order chi connectivity index (χ0) is 15.4. The highest BCUT2D eigenvalue weighted by atomic mass is 28.4. The van der Waals surface area contributed by atoms with Gasteiger partial charge in [0.1, 0.15) is 0 Å². The van der Waals surface area contributed by atoms with Gasteiger partial charge in [0.05, 0.1) is 0 Å². The number of para-hydroxylation sites is 1. The molecule has 1 aromatic rings. The fourth-order valence-electron chi connectivity index (χ4n) is 2.05. The second kappa shape index (κ2) is 10.8. The molecule has 0 spiro atoms. The van der Waals surface area contributed by atoms with Gasteiger partial charge in [-0.25, -0.2) is 0 Å². The molecule has 1 rings (SSSR count). The smallest absolute Gasteiger partial charge is 0.385 e. The number of anilines is 1. The molecule has 3 N–H and O–H groups in total. The van der Waals surface area contributed by atoms with Crippen LogP contribution in [0.2, 0.25) is 6.04 Å². The number of rotatable bonds is 12.